The highest BCUT2D eigenvalue weighted by Gasteiger charge is 2.28. The summed E-state index contributed by atoms with van der Waals surface area (Å²) in [5.41, 5.74) is 1.91. The SMILES string of the molecule is Cc1nc2ccccc2c(=O)n1-c1ccc(C(=O)N(C(C)C)C2CCOCC2)cc1. The lowest BCUT2D eigenvalue weighted by Gasteiger charge is -2.37. The summed E-state index contributed by atoms with van der Waals surface area (Å²) in [6.07, 6.45) is 1.72. The molecule has 2 heterocycles. The lowest BCUT2D eigenvalue weighted by Crippen LogP contribution is -2.47. The van der Waals surface area contributed by atoms with Gasteiger partial charge in [0.25, 0.3) is 11.5 Å². The summed E-state index contributed by atoms with van der Waals surface area (Å²) in [7, 11) is 0. The number of benzene rings is 2. The maximum atomic E-state index is 13.2. The Morgan fingerprint density at radius 1 is 1.10 bits per heavy atom. The van der Waals surface area contributed by atoms with Gasteiger partial charge in [-0.25, -0.2) is 4.98 Å². The zero-order chi connectivity index (χ0) is 21.3. The third-order valence-electron chi connectivity index (χ3n) is 5.69. The number of hydrogen-bond acceptors (Lipinski definition) is 4. The van der Waals surface area contributed by atoms with Crippen molar-refractivity contribution in [3.05, 3.63) is 70.3 Å². The number of aryl methyl sites for hydroxylation is 1. The molecule has 30 heavy (non-hydrogen) atoms. The predicted octanol–water partition coefficient (Wildman–Crippen LogP) is 3.72. The number of hydrogen-bond donors (Lipinski definition) is 0. The van der Waals surface area contributed by atoms with E-state index in [1.165, 1.54) is 0 Å². The Kier molecular flexibility index (Phi) is 5.68. The van der Waals surface area contributed by atoms with Crippen LogP contribution in [0.15, 0.2) is 53.3 Å². The van der Waals surface area contributed by atoms with Gasteiger partial charge in [0.1, 0.15) is 5.82 Å². The molecule has 0 aliphatic carbocycles. The number of aromatic nitrogens is 2. The molecule has 0 bridgehead atoms. The number of carbonyl (C=O) groups is 1. The maximum Gasteiger partial charge on any atom is 0.265 e. The van der Waals surface area contributed by atoms with E-state index in [9.17, 15) is 9.59 Å². The first-order chi connectivity index (χ1) is 14.5. The van der Waals surface area contributed by atoms with Crippen LogP contribution >= 0.6 is 0 Å². The summed E-state index contributed by atoms with van der Waals surface area (Å²) in [4.78, 5) is 32.8. The first-order valence-electron chi connectivity index (χ1n) is 10.5. The highest BCUT2D eigenvalue weighted by Crippen LogP contribution is 2.21. The van der Waals surface area contributed by atoms with E-state index in [-0.39, 0.29) is 23.6 Å². The zero-order valence-corrected chi connectivity index (χ0v) is 17.7. The Balaban J connectivity index is 1.67. The van der Waals surface area contributed by atoms with Crippen LogP contribution in [0.25, 0.3) is 16.6 Å². The number of amides is 1. The van der Waals surface area contributed by atoms with E-state index in [1.807, 2.05) is 56.0 Å². The molecule has 1 saturated heterocycles. The number of para-hydroxylation sites is 1. The summed E-state index contributed by atoms with van der Waals surface area (Å²) in [5.74, 6) is 0.632. The largest absolute Gasteiger partial charge is 0.381 e. The number of nitrogens with zero attached hydrogens (tertiary/aromatic N) is 3. The third kappa shape index (κ3) is 3.75. The predicted molar refractivity (Wildman–Crippen MR) is 117 cm³/mol. The normalized spacial score (nSPS) is 14.9. The van der Waals surface area contributed by atoms with E-state index in [1.54, 1.807) is 22.8 Å². The van der Waals surface area contributed by atoms with Crippen molar-refractivity contribution in [3.63, 3.8) is 0 Å². The van der Waals surface area contributed by atoms with Crippen LogP contribution in [0.1, 0.15) is 42.9 Å². The van der Waals surface area contributed by atoms with Gasteiger partial charge in [0.15, 0.2) is 0 Å². The topological polar surface area (TPSA) is 64.4 Å². The highest BCUT2D eigenvalue weighted by atomic mass is 16.5. The Morgan fingerprint density at radius 3 is 2.43 bits per heavy atom. The molecule has 6 nitrogen and oxygen atoms in total. The minimum absolute atomic E-state index is 0.0177. The van der Waals surface area contributed by atoms with Crippen molar-refractivity contribution in [2.24, 2.45) is 0 Å². The molecule has 0 radical (unpaired) electrons. The molecule has 0 atom stereocenters. The molecular weight excluding hydrogens is 378 g/mol. The molecular formula is C24H27N3O3. The second kappa shape index (κ2) is 8.40. The van der Waals surface area contributed by atoms with Crippen LogP contribution < -0.4 is 5.56 Å². The molecule has 0 saturated carbocycles. The molecule has 1 aliphatic rings. The van der Waals surface area contributed by atoms with Crippen molar-refractivity contribution in [3.8, 4) is 5.69 Å². The Labute approximate surface area is 176 Å². The van der Waals surface area contributed by atoms with Gasteiger partial charge in [-0.1, -0.05) is 12.1 Å². The van der Waals surface area contributed by atoms with Gasteiger partial charge in [-0.3, -0.25) is 14.2 Å². The standard InChI is InChI=1S/C24H27N3O3/c1-16(2)26(20-12-14-30-15-13-20)23(28)18-8-10-19(11-9-18)27-17(3)25-22-7-5-4-6-21(22)24(27)29/h4-11,16,20H,12-15H2,1-3H3. The highest BCUT2D eigenvalue weighted by molar-refractivity contribution is 5.94. The van der Waals surface area contributed by atoms with Crippen molar-refractivity contribution in [1.29, 1.82) is 0 Å². The fourth-order valence-corrected chi connectivity index (χ4v) is 4.24. The van der Waals surface area contributed by atoms with E-state index in [2.05, 4.69) is 4.98 Å². The molecule has 2 aromatic carbocycles. The van der Waals surface area contributed by atoms with E-state index < -0.39 is 0 Å². The van der Waals surface area contributed by atoms with Crippen molar-refractivity contribution < 1.29 is 9.53 Å². The van der Waals surface area contributed by atoms with Crippen LogP contribution in [-0.4, -0.2) is 45.7 Å². The average molecular weight is 405 g/mol. The van der Waals surface area contributed by atoms with E-state index in [0.717, 1.165) is 12.8 Å². The van der Waals surface area contributed by atoms with Gasteiger partial charge in [0.2, 0.25) is 0 Å². The molecule has 0 N–H and O–H groups in total. The van der Waals surface area contributed by atoms with Crippen LogP contribution in [0.4, 0.5) is 0 Å². The second-order valence-electron chi connectivity index (χ2n) is 8.01. The van der Waals surface area contributed by atoms with Gasteiger partial charge in [-0.2, -0.15) is 0 Å². The van der Waals surface area contributed by atoms with Crippen molar-refractivity contribution in [2.45, 2.75) is 45.7 Å². The van der Waals surface area contributed by atoms with Gasteiger partial charge < -0.3 is 9.64 Å². The third-order valence-corrected chi connectivity index (χ3v) is 5.69. The molecule has 1 amide bonds. The smallest absolute Gasteiger partial charge is 0.265 e. The van der Waals surface area contributed by atoms with Gasteiger partial charge in [0.05, 0.1) is 16.6 Å². The van der Waals surface area contributed by atoms with Gasteiger partial charge in [-0.15, -0.1) is 0 Å². The number of rotatable bonds is 4. The van der Waals surface area contributed by atoms with Crippen LogP contribution in [0.3, 0.4) is 0 Å². The molecule has 1 aliphatic heterocycles. The van der Waals surface area contributed by atoms with Gasteiger partial charge >= 0.3 is 0 Å². The number of ether oxygens (including phenoxy) is 1. The van der Waals surface area contributed by atoms with E-state index in [0.29, 0.717) is 41.2 Å². The van der Waals surface area contributed by atoms with Crippen LogP contribution in [0, 0.1) is 6.92 Å². The first-order valence-corrected chi connectivity index (χ1v) is 10.5. The summed E-state index contributed by atoms with van der Waals surface area (Å²) in [6.45, 7) is 7.30. The first kappa shape index (κ1) is 20.3. The molecule has 0 unspecified atom stereocenters. The zero-order valence-electron chi connectivity index (χ0n) is 17.7. The quantitative estimate of drug-likeness (QED) is 0.664. The van der Waals surface area contributed by atoms with Crippen molar-refractivity contribution in [2.75, 3.05) is 13.2 Å². The van der Waals surface area contributed by atoms with Gasteiger partial charge in [0, 0.05) is 30.9 Å². The van der Waals surface area contributed by atoms with E-state index in [4.69, 9.17) is 4.74 Å². The lowest BCUT2D eigenvalue weighted by atomic mass is 10.0. The summed E-state index contributed by atoms with van der Waals surface area (Å²) in [5, 5.41) is 0.578. The molecule has 4 rings (SSSR count). The summed E-state index contributed by atoms with van der Waals surface area (Å²) in [6, 6.07) is 14.9. The van der Waals surface area contributed by atoms with Crippen molar-refractivity contribution in [1.82, 2.24) is 14.5 Å². The summed E-state index contributed by atoms with van der Waals surface area (Å²) < 4.78 is 7.05. The Hall–Kier alpha value is -2.99. The van der Waals surface area contributed by atoms with Crippen LogP contribution in [0.2, 0.25) is 0 Å². The Morgan fingerprint density at radius 2 is 1.77 bits per heavy atom. The van der Waals surface area contributed by atoms with Crippen molar-refractivity contribution >= 4 is 16.8 Å². The molecule has 156 valence electrons. The fourth-order valence-electron chi connectivity index (χ4n) is 4.24. The second-order valence-corrected chi connectivity index (χ2v) is 8.01. The van der Waals surface area contributed by atoms with Crippen LogP contribution in [0.5, 0.6) is 0 Å². The monoisotopic (exact) mass is 405 g/mol. The lowest BCUT2D eigenvalue weighted by molar-refractivity contribution is 0.0206. The average Bonchev–Trinajstić information content (AvgIpc) is 2.75. The number of fused-ring (bicyclic) bond motifs is 1. The molecule has 3 aromatic rings. The van der Waals surface area contributed by atoms with Crippen LogP contribution in [-0.2, 0) is 4.74 Å². The van der Waals surface area contributed by atoms with E-state index >= 15 is 0 Å². The van der Waals surface area contributed by atoms with Gasteiger partial charge in [-0.05, 0) is 70.0 Å². The molecule has 6 heteroatoms. The summed E-state index contributed by atoms with van der Waals surface area (Å²) >= 11 is 0. The minimum atomic E-state index is -0.108. The maximum absolute atomic E-state index is 13.2. The molecule has 0 spiro atoms. The number of carbonyl (C=O) groups excluding carboxylic acids is 1. The molecule has 1 aromatic heterocycles. The fraction of sp³-hybridized carbons (Fsp3) is 0.375. The molecule has 1 fully saturated rings. The minimum Gasteiger partial charge on any atom is -0.381 e. The Bertz CT molecular complexity index is 1110.